The molecule has 0 bridgehead atoms. The Balaban J connectivity index is 3.84. The minimum Gasteiger partial charge on any atom is -0.158 e. The van der Waals surface area contributed by atoms with Crippen LogP contribution in [0, 0.1) is 0 Å². The molecule has 0 fully saturated rings. The van der Waals surface area contributed by atoms with Gasteiger partial charge in [0.2, 0.25) is 0 Å². The van der Waals surface area contributed by atoms with Crippen molar-refractivity contribution in [2.45, 2.75) is 62.5 Å². The van der Waals surface area contributed by atoms with Crippen LogP contribution in [0.3, 0.4) is 0 Å². The summed E-state index contributed by atoms with van der Waals surface area (Å²) >= 11 is 6.34. The molecule has 0 saturated heterocycles. The van der Waals surface area contributed by atoms with Gasteiger partial charge >= 0.3 is 0 Å². The highest BCUT2D eigenvalue weighted by Gasteiger charge is 2.13. The molecule has 0 saturated carbocycles. The average Bonchev–Trinajstić information content (AvgIpc) is 2.08. The standard InChI is InChI=1S/C12H26S3/c1-9(2)13-7-12(15-11(5)6)8-14-10(3)4/h9-12H,7-8H2,1-6H3. The van der Waals surface area contributed by atoms with Gasteiger partial charge in [0.05, 0.1) is 0 Å². The van der Waals surface area contributed by atoms with Gasteiger partial charge in [-0.15, -0.1) is 0 Å². The Kier molecular flexibility index (Phi) is 9.76. The SMILES string of the molecule is CC(C)SCC(CSC(C)C)SC(C)C. The van der Waals surface area contributed by atoms with Crippen LogP contribution in [0.2, 0.25) is 0 Å². The quantitative estimate of drug-likeness (QED) is 0.620. The number of rotatable bonds is 8. The maximum atomic E-state index is 2.30. The van der Waals surface area contributed by atoms with E-state index in [1.165, 1.54) is 11.5 Å². The maximum Gasteiger partial charge on any atom is 0.0231 e. The Bertz CT molecular complexity index is 132. The van der Waals surface area contributed by atoms with Crippen molar-refractivity contribution in [2.75, 3.05) is 11.5 Å². The highest BCUT2D eigenvalue weighted by molar-refractivity contribution is 8.05. The third-order valence-corrected chi connectivity index (χ3v) is 5.90. The van der Waals surface area contributed by atoms with Gasteiger partial charge in [-0.25, -0.2) is 0 Å². The van der Waals surface area contributed by atoms with E-state index in [1.807, 2.05) is 0 Å². The molecular weight excluding hydrogens is 240 g/mol. The van der Waals surface area contributed by atoms with Crippen molar-refractivity contribution >= 4 is 35.3 Å². The summed E-state index contributed by atoms with van der Waals surface area (Å²) in [5, 5.41) is 3.12. The van der Waals surface area contributed by atoms with E-state index < -0.39 is 0 Å². The monoisotopic (exact) mass is 266 g/mol. The zero-order chi connectivity index (χ0) is 11.8. The molecule has 0 spiro atoms. The molecule has 0 nitrogen and oxygen atoms in total. The molecular formula is C12H26S3. The summed E-state index contributed by atoms with van der Waals surface area (Å²) < 4.78 is 0. The Morgan fingerprint density at radius 3 is 1.33 bits per heavy atom. The van der Waals surface area contributed by atoms with E-state index >= 15 is 0 Å². The minimum atomic E-state index is 0.760. The lowest BCUT2D eigenvalue weighted by molar-refractivity contribution is 1.04. The van der Waals surface area contributed by atoms with E-state index in [2.05, 4.69) is 76.8 Å². The molecule has 0 aliphatic heterocycles. The predicted molar refractivity (Wildman–Crippen MR) is 81.7 cm³/mol. The Morgan fingerprint density at radius 1 is 0.667 bits per heavy atom. The van der Waals surface area contributed by atoms with E-state index in [1.54, 1.807) is 0 Å². The van der Waals surface area contributed by atoms with Gasteiger partial charge in [-0.05, 0) is 15.7 Å². The van der Waals surface area contributed by atoms with Gasteiger partial charge in [0.15, 0.2) is 0 Å². The fraction of sp³-hybridized carbons (Fsp3) is 1.00. The van der Waals surface area contributed by atoms with Gasteiger partial charge in [0, 0.05) is 16.8 Å². The zero-order valence-corrected chi connectivity index (χ0v) is 13.4. The predicted octanol–water partition coefficient (Wildman–Crippen LogP) is 4.78. The lowest BCUT2D eigenvalue weighted by Crippen LogP contribution is -2.15. The maximum absolute atomic E-state index is 2.30. The normalized spacial score (nSPS) is 12.4. The molecule has 0 rings (SSSR count). The summed E-state index contributed by atoms with van der Waals surface area (Å²) in [5.41, 5.74) is 0. The molecule has 0 radical (unpaired) electrons. The molecule has 0 atom stereocenters. The van der Waals surface area contributed by atoms with Gasteiger partial charge in [0.1, 0.15) is 0 Å². The lowest BCUT2D eigenvalue weighted by atomic mass is 10.5. The van der Waals surface area contributed by atoms with Gasteiger partial charge < -0.3 is 0 Å². The molecule has 0 aromatic rings. The first-order valence-electron chi connectivity index (χ1n) is 5.80. The van der Waals surface area contributed by atoms with Gasteiger partial charge in [-0.1, -0.05) is 41.5 Å². The van der Waals surface area contributed by atoms with Crippen molar-refractivity contribution in [3.8, 4) is 0 Å². The molecule has 0 aromatic heterocycles. The first kappa shape index (κ1) is 16.1. The fourth-order valence-corrected chi connectivity index (χ4v) is 4.56. The number of hydrogen-bond donors (Lipinski definition) is 0. The molecule has 92 valence electrons. The number of hydrogen-bond acceptors (Lipinski definition) is 3. The van der Waals surface area contributed by atoms with E-state index in [9.17, 15) is 0 Å². The minimum absolute atomic E-state index is 0.760. The summed E-state index contributed by atoms with van der Waals surface area (Å²) in [6, 6.07) is 0. The molecule has 0 amide bonds. The van der Waals surface area contributed by atoms with Gasteiger partial charge in [-0.2, -0.15) is 35.3 Å². The summed E-state index contributed by atoms with van der Waals surface area (Å²) in [5.74, 6) is 2.61. The largest absolute Gasteiger partial charge is 0.158 e. The average molecular weight is 267 g/mol. The van der Waals surface area contributed by atoms with Crippen molar-refractivity contribution in [2.24, 2.45) is 0 Å². The van der Waals surface area contributed by atoms with E-state index in [4.69, 9.17) is 0 Å². The van der Waals surface area contributed by atoms with Crippen LogP contribution in [0.1, 0.15) is 41.5 Å². The third kappa shape index (κ3) is 11.3. The summed E-state index contributed by atoms with van der Waals surface area (Å²) in [7, 11) is 0. The van der Waals surface area contributed by atoms with Crippen molar-refractivity contribution in [1.29, 1.82) is 0 Å². The molecule has 0 aliphatic rings. The van der Waals surface area contributed by atoms with Crippen LogP contribution in [0.25, 0.3) is 0 Å². The second-order valence-electron chi connectivity index (χ2n) is 4.57. The second kappa shape index (κ2) is 9.12. The molecule has 0 unspecified atom stereocenters. The van der Waals surface area contributed by atoms with Crippen LogP contribution in [0.4, 0.5) is 0 Å². The molecule has 0 aliphatic carbocycles. The van der Waals surface area contributed by atoms with E-state index in [-0.39, 0.29) is 0 Å². The molecule has 0 aromatic carbocycles. The summed E-state index contributed by atoms with van der Waals surface area (Å²) in [6.45, 7) is 13.8. The van der Waals surface area contributed by atoms with Crippen LogP contribution in [-0.4, -0.2) is 32.5 Å². The topological polar surface area (TPSA) is 0 Å². The van der Waals surface area contributed by atoms with Gasteiger partial charge in [0.25, 0.3) is 0 Å². The van der Waals surface area contributed by atoms with Crippen molar-refractivity contribution in [3.63, 3.8) is 0 Å². The summed E-state index contributed by atoms with van der Waals surface area (Å²) in [4.78, 5) is 0. The zero-order valence-electron chi connectivity index (χ0n) is 10.9. The van der Waals surface area contributed by atoms with Crippen LogP contribution in [0.5, 0.6) is 0 Å². The Morgan fingerprint density at radius 2 is 1.07 bits per heavy atom. The van der Waals surface area contributed by atoms with E-state index in [0.717, 1.165) is 21.0 Å². The van der Waals surface area contributed by atoms with Crippen LogP contribution in [-0.2, 0) is 0 Å². The number of thioether (sulfide) groups is 3. The van der Waals surface area contributed by atoms with Crippen molar-refractivity contribution in [1.82, 2.24) is 0 Å². The van der Waals surface area contributed by atoms with Crippen LogP contribution >= 0.6 is 35.3 Å². The third-order valence-electron chi connectivity index (χ3n) is 1.70. The van der Waals surface area contributed by atoms with E-state index in [0.29, 0.717) is 0 Å². The first-order valence-corrected chi connectivity index (χ1v) is 8.84. The second-order valence-corrected chi connectivity index (χ2v) is 9.67. The molecule has 0 heterocycles. The Labute approximate surface area is 109 Å². The van der Waals surface area contributed by atoms with Gasteiger partial charge in [-0.3, -0.25) is 0 Å². The molecule has 3 heteroatoms. The highest BCUT2D eigenvalue weighted by Crippen LogP contribution is 2.27. The smallest absolute Gasteiger partial charge is 0.0231 e. The first-order chi connectivity index (χ1) is 6.91. The Hall–Kier alpha value is 1.05. The van der Waals surface area contributed by atoms with Crippen molar-refractivity contribution < 1.29 is 0 Å². The molecule has 15 heavy (non-hydrogen) atoms. The van der Waals surface area contributed by atoms with Crippen molar-refractivity contribution in [3.05, 3.63) is 0 Å². The van der Waals surface area contributed by atoms with Crippen LogP contribution < -0.4 is 0 Å². The lowest BCUT2D eigenvalue weighted by Gasteiger charge is -2.20. The highest BCUT2D eigenvalue weighted by atomic mass is 32.2. The molecule has 0 N–H and O–H groups in total. The van der Waals surface area contributed by atoms with Crippen LogP contribution in [0.15, 0.2) is 0 Å². The summed E-state index contributed by atoms with van der Waals surface area (Å²) in [6.07, 6.45) is 0. The fourth-order valence-electron chi connectivity index (χ4n) is 1.11.